The van der Waals surface area contributed by atoms with Crippen molar-refractivity contribution in [2.75, 3.05) is 6.54 Å². The van der Waals surface area contributed by atoms with Gasteiger partial charge in [0, 0.05) is 25.4 Å². The summed E-state index contributed by atoms with van der Waals surface area (Å²) in [5.41, 5.74) is 2.41. The Bertz CT molecular complexity index is 857. The summed E-state index contributed by atoms with van der Waals surface area (Å²) in [6, 6.07) is 8.59. The number of carbonyl (C=O) groups is 1. The van der Waals surface area contributed by atoms with Gasteiger partial charge in [-0.1, -0.05) is 136 Å². The summed E-state index contributed by atoms with van der Waals surface area (Å²) >= 11 is 0. The second-order valence-corrected chi connectivity index (χ2v) is 11.7. The van der Waals surface area contributed by atoms with Gasteiger partial charge in [-0.25, -0.2) is 4.98 Å². The molecule has 1 amide bonds. The number of hydrogen-bond donors (Lipinski definition) is 1. The molecule has 0 saturated carbocycles. The number of nitrogens with zero attached hydrogens (tertiary/aromatic N) is 2. The van der Waals surface area contributed by atoms with Crippen molar-refractivity contribution in [1.82, 2.24) is 14.9 Å². The van der Waals surface area contributed by atoms with Gasteiger partial charge in [0.05, 0.1) is 11.0 Å². The number of carbonyl (C=O) groups excluding carboxylic acids is 1. The fourth-order valence-electron chi connectivity index (χ4n) is 5.38. The van der Waals surface area contributed by atoms with E-state index in [9.17, 15) is 4.79 Å². The third-order valence-electron chi connectivity index (χ3n) is 7.87. The number of benzene rings is 1. The van der Waals surface area contributed by atoms with E-state index in [0.717, 1.165) is 44.3 Å². The largest absolute Gasteiger partial charge is 0.356 e. The summed E-state index contributed by atoms with van der Waals surface area (Å²) in [7, 11) is 0. The van der Waals surface area contributed by atoms with E-state index < -0.39 is 0 Å². The number of amides is 1. The number of nitrogens with one attached hydrogen (secondary N) is 1. The van der Waals surface area contributed by atoms with Crippen LogP contribution in [0.15, 0.2) is 24.3 Å². The summed E-state index contributed by atoms with van der Waals surface area (Å²) in [6.07, 6.45) is 26.8. The molecule has 0 aliphatic heterocycles. The Labute approximate surface area is 234 Å². The van der Waals surface area contributed by atoms with E-state index in [1.54, 1.807) is 0 Å². The SMILES string of the molecule is CCCCCCCCCCCCCCCCCCn1c(CCCCCNC(=O)C(C)C)nc2ccccc21. The third kappa shape index (κ3) is 13.8. The zero-order valence-corrected chi connectivity index (χ0v) is 25.2. The predicted molar refractivity (Wildman–Crippen MR) is 165 cm³/mol. The van der Waals surface area contributed by atoms with Gasteiger partial charge in [-0.2, -0.15) is 0 Å². The van der Waals surface area contributed by atoms with Crippen molar-refractivity contribution in [2.45, 2.75) is 156 Å². The molecule has 1 N–H and O–H groups in total. The molecule has 1 heterocycles. The Balaban J connectivity index is 1.54. The standard InChI is InChI=1S/C34H59N3O/c1-4-5-6-7-8-9-10-11-12-13-14-15-16-17-18-24-29-37-32-26-22-21-25-31(32)36-33(37)27-20-19-23-28-35-34(38)30(2)3/h21-22,25-26,30H,4-20,23-24,27-29H2,1-3H3,(H,35,38). The van der Waals surface area contributed by atoms with Gasteiger partial charge in [-0.05, 0) is 31.4 Å². The number of aromatic nitrogens is 2. The van der Waals surface area contributed by atoms with Crippen molar-refractivity contribution in [2.24, 2.45) is 5.92 Å². The normalized spacial score (nSPS) is 11.6. The van der Waals surface area contributed by atoms with Crippen LogP contribution in [0, 0.1) is 5.92 Å². The number of unbranched alkanes of at least 4 members (excludes halogenated alkanes) is 17. The maximum Gasteiger partial charge on any atom is 0.222 e. The first-order chi connectivity index (χ1) is 18.6. The van der Waals surface area contributed by atoms with Crippen molar-refractivity contribution < 1.29 is 4.79 Å². The van der Waals surface area contributed by atoms with Crippen molar-refractivity contribution in [3.63, 3.8) is 0 Å². The molecule has 2 aromatic rings. The lowest BCUT2D eigenvalue weighted by atomic mass is 10.0. The minimum atomic E-state index is 0.0689. The molecule has 0 saturated heterocycles. The molecule has 0 aliphatic carbocycles. The van der Waals surface area contributed by atoms with Crippen LogP contribution in [-0.2, 0) is 17.8 Å². The summed E-state index contributed by atoms with van der Waals surface area (Å²) in [5, 5.41) is 3.03. The average molecular weight is 526 g/mol. The highest BCUT2D eigenvalue weighted by Gasteiger charge is 2.10. The molecule has 0 unspecified atom stereocenters. The highest BCUT2D eigenvalue weighted by molar-refractivity contribution is 5.77. The molecule has 0 aliphatic rings. The van der Waals surface area contributed by atoms with Crippen molar-refractivity contribution >= 4 is 16.9 Å². The van der Waals surface area contributed by atoms with Crippen LogP contribution in [0.5, 0.6) is 0 Å². The van der Waals surface area contributed by atoms with Gasteiger partial charge in [0.1, 0.15) is 5.82 Å². The number of imidazole rings is 1. The Hall–Kier alpha value is -1.84. The molecule has 4 nitrogen and oxygen atoms in total. The van der Waals surface area contributed by atoms with E-state index in [0.29, 0.717) is 0 Å². The smallest absolute Gasteiger partial charge is 0.222 e. The number of fused-ring (bicyclic) bond motifs is 1. The molecule has 38 heavy (non-hydrogen) atoms. The molecular weight excluding hydrogens is 466 g/mol. The minimum Gasteiger partial charge on any atom is -0.356 e. The van der Waals surface area contributed by atoms with Crippen LogP contribution >= 0.6 is 0 Å². The minimum absolute atomic E-state index is 0.0689. The quantitative estimate of drug-likeness (QED) is 0.139. The van der Waals surface area contributed by atoms with E-state index in [1.165, 1.54) is 114 Å². The van der Waals surface area contributed by atoms with Gasteiger partial charge >= 0.3 is 0 Å². The molecule has 2 rings (SSSR count). The third-order valence-corrected chi connectivity index (χ3v) is 7.87. The lowest BCUT2D eigenvalue weighted by Crippen LogP contribution is -2.28. The van der Waals surface area contributed by atoms with Crippen LogP contribution in [0.1, 0.15) is 149 Å². The molecule has 216 valence electrons. The van der Waals surface area contributed by atoms with Gasteiger partial charge in [-0.15, -0.1) is 0 Å². The van der Waals surface area contributed by atoms with Crippen LogP contribution in [0.3, 0.4) is 0 Å². The molecule has 1 aromatic heterocycles. The van der Waals surface area contributed by atoms with Gasteiger partial charge in [0.15, 0.2) is 0 Å². The molecule has 0 fully saturated rings. The van der Waals surface area contributed by atoms with Crippen molar-refractivity contribution in [3.05, 3.63) is 30.1 Å². The fourth-order valence-corrected chi connectivity index (χ4v) is 5.38. The first-order valence-corrected chi connectivity index (χ1v) is 16.3. The Morgan fingerprint density at radius 2 is 1.26 bits per heavy atom. The molecule has 4 heteroatoms. The Morgan fingerprint density at radius 3 is 1.84 bits per heavy atom. The fraction of sp³-hybridized carbons (Fsp3) is 0.765. The Kier molecular flexibility index (Phi) is 17.9. The number of rotatable bonds is 24. The van der Waals surface area contributed by atoms with Crippen molar-refractivity contribution in [1.29, 1.82) is 0 Å². The second-order valence-electron chi connectivity index (χ2n) is 11.7. The maximum absolute atomic E-state index is 11.7. The lowest BCUT2D eigenvalue weighted by Gasteiger charge is -2.10. The summed E-state index contributed by atoms with van der Waals surface area (Å²) in [4.78, 5) is 16.7. The van der Waals surface area contributed by atoms with Crippen LogP contribution in [0.4, 0.5) is 0 Å². The predicted octanol–water partition coefficient (Wildman–Crippen LogP) is 9.78. The molecule has 0 spiro atoms. The first-order valence-electron chi connectivity index (χ1n) is 16.3. The van der Waals surface area contributed by atoms with Gasteiger partial charge in [-0.3, -0.25) is 4.79 Å². The molecular formula is C34H59N3O. The summed E-state index contributed by atoms with van der Waals surface area (Å²) in [6.45, 7) is 8.05. The summed E-state index contributed by atoms with van der Waals surface area (Å²) < 4.78 is 2.47. The number of aryl methyl sites for hydroxylation is 2. The molecule has 0 bridgehead atoms. The zero-order valence-electron chi connectivity index (χ0n) is 25.2. The molecule has 0 radical (unpaired) electrons. The van der Waals surface area contributed by atoms with E-state index in [4.69, 9.17) is 4.98 Å². The van der Waals surface area contributed by atoms with Gasteiger partial charge in [0.25, 0.3) is 0 Å². The highest BCUT2D eigenvalue weighted by atomic mass is 16.1. The van der Waals surface area contributed by atoms with Gasteiger partial charge < -0.3 is 9.88 Å². The van der Waals surface area contributed by atoms with Crippen LogP contribution in [0.25, 0.3) is 11.0 Å². The van der Waals surface area contributed by atoms with Crippen LogP contribution in [-0.4, -0.2) is 22.0 Å². The molecule has 1 aromatic carbocycles. The second kappa shape index (κ2) is 21.0. The van der Waals surface area contributed by atoms with Crippen LogP contribution in [0.2, 0.25) is 0 Å². The average Bonchev–Trinajstić information content (AvgIpc) is 3.27. The zero-order chi connectivity index (χ0) is 27.3. The van der Waals surface area contributed by atoms with Crippen molar-refractivity contribution in [3.8, 4) is 0 Å². The van der Waals surface area contributed by atoms with E-state index in [-0.39, 0.29) is 11.8 Å². The Morgan fingerprint density at radius 1 is 0.737 bits per heavy atom. The molecule has 0 atom stereocenters. The number of hydrogen-bond acceptors (Lipinski definition) is 2. The van der Waals surface area contributed by atoms with E-state index in [2.05, 4.69) is 41.1 Å². The van der Waals surface area contributed by atoms with Gasteiger partial charge in [0.2, 0.25) is 5.91 Å². The number of para-hydroxylation sites is 2. The first kappa shape index (κ1) is 32.4. The lowest BCUT2D eigenvalue weighted by molar-refractivity contribution is -0.123. The van der Waals surface area contributed by atoms with E-state index in [1.807, 2.05) is 13.8 Å². The summed E-state index contributed by atoms with van der Waals surface area (Å²) in [5.74, 6) is 1.46. The maximum atomic E-state index is 11.7. The topological polar surface area (TPSA) is 46.9 Å². The van der Waals surface area contributed by atoms with Crippen LogP contribution < -0.4 is 5.32 Å². The van der Waals surface area contributed by atoms with E-state index >= 15 is 0 Å². The highest BCUT2D eigenvalue weighted by Crippen LogP contribution is 2.20. The monoisotopic (exact) mass is 525 g/mol.